The van der Waals surface area contributed by atoms with Crippen LogP contribution >= 0.6 is 11.3 Å². The first-order valence-electron chi connectivity index (χ1n) is 10.4. The zero-order valence-corrected chi connectivity index (χ0v) is 19.3. The molecule has 0 bridgehead atoms. The number of benzene rings is 2. The minimum absolute atomic E-state index is 0.125. The van der Waals surface area contributed by atoms with Gasteiger partial charge >= 0.3 is 5.97 Å². The highest BCUT2D eigenvalue weighted by Crippen LogP contribution is 2.35. The number of aromatic nitrogens is 3. The highest BCUT2D eigenvalue weighted by atomic mass is 32.1. The average molecular weight is 451 g/mol. The average Bonchev–Trinajstić information content (AvgIpc) is 3.40. The Labute approximate surface area is 190 Å². The molecule has 8 heteroatoms. The predicted molar refractivity (Wildman–Crippen MR) is 126 cm³/mol. The molecule has 7 nitrogen and oxygen atoms in total. The zero-order chi connectivity index (χ0) is 22.8. The molecule has 4 aromatic rings. The number of aryl methyl sites for hydroxylation is 1. The highest BCUT2D eigenvalue weighted by Gasteiger charge is 2.25. The third kappa shape index (κ3) is 4.37. The van der Waals surface area contributed by atoms with Gasteiger partial charge in [0.05, 0.1) is 28.1 Å². The predicted octanol–water partition coefficient (Wildman–Crippen LogP) is 5.22. The van der Waals surface area contributed by atoms with E-state index in [9.17, 15) is 9.90 Å². The molecular weight excluding hydrogens is 424 g/mol. The standard InChI is InChI=1S/C24H26N4O3S/c1-5-20(27(3)4)22(28-11-10-25-14-28)16-6-9-19-21(13-16)32-24(26-19)31-17-7-8-18(23(29)30)15(2)12-17/h6-14,20,22H,5H2,1-4H3,(H,29,30). The van der Waals surface area contributed by atoms with E-state index in [4.69, 9.17) is 4.74 Å². The number of carbonyl (C=O) groups is 1. The Morgan fingerprint density at radius 3 is 2.69 bits per heavy atom. The van der Waals surface area contributed by atoms with Gasteiger partial charge in [0.25, 0.3) is 5.19 Å². The van der Waals surface area contributed by atoms with Crippen LogP contribution in [0.5, 0.6) is 10.9 Å². The van der Waals surface area contributed by atoms with Gasteiger partial charge in [0.1, 0.15) is 5.75 Å². The lowest BCUT2D eigenvalue weighted by atomic mass is 9.96. The fourth-order valence-electron chi connectivity index (χ4n) is 4.09. The number of carboxylic acid groups (broad SMARTS) is 1. The van der Waals surface area contributed by atoms with Crippen LogP contribution in [0.1, 0.15) is 40.9 Å². The Morgan fingerprint density at radius 2 is 2.06 bits per heavy atom. The summed E-state index contributed by atoms with van der Waals surface area (Å²) < 4.78 is 9.14. The van der Waals surface area contributed by atoms with Crippen LogP contribution in [-0.4, -0.2) is 50.6 Å². The second kappa shape index (κ2) is 9.10. The zero-order valence-electron chi connectivity index (χ0n) is 18.5. The summed E-state index contributed by atoms with van der Waals surface area (Å²) in [5, 5.41) is 9.74. The molecule has 2 heterocycles. The fourth-order valence-corrected chi connectivity index (χ4v) is 4.97. The van der Waals surface area contributed by atoms with Gasteiger partial charge in [0.2, 0.25) is 0 Å². The minimum Gasteiger partial charge on any atom is -0.478 e. The molecule has 1 N–H and O–H groups in total. The molecule has 2 aromatic heterocycles. The maximum atomic E-state index is 11.2. The van der Waals surface area contributed by atoms with E-state index in [0.29, 0.717) is 22.5 Å². The maximum absolute atomic E-state index is 11.2. The van der Waals surface area contributed by atoms with E-state index in [0.717, 1.165) is 16.6 Å². The number of rotatable bonds is 8. The summed E-state index contributed by atoms with van der Waals surface area (Å²) >= 11 is 1.48. The van der Waals surface area contributed by atoms with Crippen molar-refractivity contribution >= 4 is 27.5 Å². The van der Waals surface area contributed by atoms with Gasteiger partial charge in [-0.25, -0.2) is 14.8 Å². The lowest BCUT2D eigenvalue weighted by Crippen LogP contribution is -2.36. The van der Waals surface area contributed by atoms with Crippen LogP contribution in [0.4, 0.5) is 0 Å². The normalized spacial score (nSPS) is 13.4. The monoisotopic (exact) mass is 450 g/mol. The third-order valence-corrected chi connectivity index (χ3v) is 6.56. The number of fused-ring (bicyclic) bond motifs is 1. The molecule has 2 aromatic carbocycles. The largest absolute Gasteiger partial charge is 0.478 e. The van der Waals surface area contributed by atoms with Crippen molar-refractivity contribution in [2.45, 2.75) is 32.4 Å². The molecule has 2 atom stereocenters. The summed E-state index contributed by atoms with van der Waals surface area (Å²) in [5.41, 5.74) is 2.97. The van der Waals surface area contributed by atoms with E-state index in [2.05, 4.69) is 52.6 Å². The summed E-state index contributed by atoms with van der Waals surface area (Å²) in [6.07, 6.45) is 6.68. The number of imidazole rings is 1. The van der Waals surface area contributed by atoms with Gasteiger partial charge in [-0.05, 0) is 68.9 Å². The fraction of sp³-hybridized carbons (Fsp3) is 0.292. The van der Waals surface area contributed by atoms with Gasteiger partial charge < -0.3 is 19.3 Å². The number of hydrogen-bond donors (Lipinski definition) is 1. The lowest BCUT2D eigenvalue weighted by molar-refractivity contribution is 0.0696. The highest BCUT2D eigenvalue weighted by molar-refractivity contribution is 7.20. The molecule has 0 aliphatic heterocycles. The number of aromatic carboxylic acids is 1. The molecule has 32 heavy (non-hydrogen) atoms. The van der Waals surface area contributed by atoms with E-state index in [-0.39, 0.29) is 11.6 Å². The van der Waals surface area contributed by atoms with E-state index in [1.54, 1.807) is 25.1 Å². The Balaban J connectivity index is 1.66. The van der Waals surface area contributed by atoms with Gasteiger partial charge in [-0.15, -0.1) is 0 Å². The number of thiazole rings is 1. The number of carboxylic acids is 1. The molecule has 0 amide bonds. The van der Waals surface area contributed by atoms with Crippen molar-refractivity contribution < 1.29 is 14.6 Å². The van der Waals surface area contributed by atoms with Crippen molar-refractivity contribution in [1.82, 2.24) is 19.4 Å². The Morgan fingerprint density at radius 1 is 1.25 bits per heavy atom. The number of ether oxygens (including phenoxy) is 1. The lowest BCUT2D eigenvalue weighted by Gasteiger charge is -2.33. The summed E-state index contributed by atoms with van der Waals surface area (Å²) in [7, 11) is 4.21. The van der Waals surface area contributed by atoms with Crippen molar-refractivity contribution in [2.75, 3.05) is 14.1 Å². The van der Waals surface area contributed by atoms with E-state index in [1.807, 2.05) is 24.8 Å². The van der Waals surface area contributed by atoms with Gasteiger partial charge in [0, 0.05) is 18.4 Å². The molecule has 0 radical (unpaired) electrons. The molecule has 0 spiro atoms. The smallest absolute Gasteiger partial charge is 0.335 e. The molecule has 0 aliphatic carbocycles. The van der Waals surface area contributed by atoms with Crippen LogP contribution in [0, 0.1) is 6.92 Å². The van der Waals surface area contributed by atoms with Crippen LogP contribution in [-0.2, 0) is 0 Å². The van der Waals surface area contributed by atoms with E-state index >= 15 is 0 Å². The van der Waals surface area contributed by atoms with Gasteiger partial charge in [0.15, 0.2) is 0 Å². The SMILES string of the molecule is CCC(C(c1ccc2nc(Oc3ccc(C(=O)O)c(C)c3)sc2c1)n1ccnc1)N(C)C. The number of hydrogen-bond acceptors (Lipinski definition) is 6. The second-order valence-corrected chi connectivity index (χ2v) is 8.98. The quantitative estimate of drug-likeness (QED) is 0.396. The molecule has 0 fully saturated rings. The second-order valence-electron chi connectivity index (χ2n) is 7.98. The number of likely N-dealkylation sites (N-methyl/N-ethyl adjacent to an activating group) is 1. The maximum Gasteiger partial charge on any atom is 0.335 e. The van der Waals surface area contributed by atoms with Crippen molar-refractivity contribution in [3.05, 3.63) is 71.8 Å². The molecular formula is C24H26N4O3S. The minimum atomic E-state index is -0.947. The van der Waals surface area contributed by atoms with Crippen LogP contribution in [0.15, 0.2) is 55.1 Å². The third-order valence-electron chi connectivity index (χ3n) is 5.66. The summed E-state index contributed by atoms with van der Waals surface area (Å²) in [4.78, 5) is 22.4. The molecule has 0 aliphatic rings. The van der Waals surface area contributed by atoms with Crippen LogP contribution in [0.3, 0.4) is 0 Å². The van der Waals surface area contributed by atoms with Crippen molar-refractivity contribution in [2.24, 2.45) is 0 Å². The van der Waals surface area contributed by atoms with E-state index < -0.39 is 5.97 Å². The first-order chi connectivity index (χ1) is 15.4. The summed E-state index contributed by atoms with van der Waals surface area (Å²) in [6.45, 7) is 3.95. The van der Waals surface area contributed by atoms with Crippen LogP contribution < -0.4 is 4.74 Å². The molecule has 0 saturated heterocycles. The first-order valence-corrected chi connectivity index (χ1v) is 11.2. The molecule has 2 unspecified atom stereocenters. The topological polar surface area (TPSA) is 80.5 Å². The molecule has 0 saturated carbocycles. The molecule has 166 valence electrons. The number of nitrogens with zero attached hydrogens (tertiary/aromatic N) is 4. The summed E-state index contributed by atoms with van der Waals surface area (Å²) in [5.74, 6) is -0.376. The first kappa shape index (κ1) is 22.0. The summed E-state index contributed by atoms with van der Waals surface area (Å²) in [6, 6.07) is 11.7. The molecule has 4 rings (SSSR count). The van der Waals surface area contributed by atoms with Crippen molar-refractivity contribution in [3.8, 4) is 10.9 Å². The van der Waals surface area contributed by atoms with Gasteiger partial charge in [-0.3, -0.25) is 0 Å². The Hall–Kier alpha value is -3.23. The van der Waals surface area contributed by atoms with Gasteiger partial charge in [-0.2, -0.15) is 0 Å². The van der Waals surface area contributed by atoms with Crippen LogP contribution in [0.25, 0.3) is 10.2 Å². The van der Waals surface area contributed by atoms with Crippen molar-refractivity contribution in [1.29, 1.82) is 0 Å². The van der Waals surface area contributed by atoms with Crippen LogP contribution in [0.2, 0.25) is 0 Å². The van der Waals surface area contributed by atoms with Gasteiger partial charge in [-0.1, -0.05) is 24.3 Å². The van der Waals surface area contributed by atoms with Crippen molar-refractivity contribution in [3.63, 3.8) is 0 Å². The van der Waals surface area contributed by atoms with E-state index in [1.165, 1.54) is 16.9 Å². The Kier molecular flexibility index (Phi) is 6.25. The Bertz CT molecular complexity index is 1230.